The van der Waals surface area contributed by atoms with E-state index >= 15 is 0 Å². The maximum absolute atomic E-state index is 11.8. The van der Waals surface area contributed by atoms with Crippen LogP contribution in [-0.4, -0.2) is 25.0 Å². The van der Waals surface area contributed by atoms with E-state index in [1.54, 1.807) is 41.3 Å². The quantitative estimate of drug-likeness (QED) is 0.577. The number of amides is 1. The van der Waals surface area contributed by atoms with Gasteiger partial charge in [-0.3, -0.25) is 4.79 Å². The Morgan fingerprint density at radius 1 is 1.42 bits per heavy atom. The van der Waals surface area contributed by atoms with Crippen molar-refractivity contribution in [2.45, 2.75) is 5.75 Å². The lowest BCUT2D eigenvalue weighted by Crippen LogP contribution is -2.23. The highest BCUT2D eigenvalue weighted by molar-refractivity contribution is 7.98. The average molecular weight is 382 g/mol. The number of benzene rings is 1. The van der Waals surface area contributed by atoms with E-state index < -0.39 is 0 Å². The molecule has 0 aliphatic carbocycles. The second-order valence-electron chi connectivity index (χ2n) is 4.99. The van der Waals surface area contributed by atoms with Gasteiger partial charge in [-0.1, -0.05) is 17.7 Å². The van der Waals surface area contributed by atoms with Crippen LogP contribution in [0.3, 0.4) is 0 Å². The third-order valence-corrected chi connectivity index (χ3v) is 5.59. The minimum absolute atomic E-state index is 0.125. The molecule has 0 radical (unpaired) electrons. The summed E-state index contributed by atoms with van der Waals surface area (Å²) < 4.78 is 10.6. The van der Waals surface area contributed by atoms with Crippen LogP contribution in [0.5, 0.6) is 11.5 Å². The predicted molar refractivity (Wildman–Crippen MR) is 100 cm³/mol. The zero-order valence-electron chi connectivity index (χ0n) is 12.8. The van der Waals surface area contributed by atoms with Gasteiger partial charge in [-0.25, -0.2) is 0 Å². The summed E-state index contributed by atoms with van der Waals surface area (Å²) in [5, 5.41) is 5.42. The smallest absolute Gasteiger partial charge is 0.244 e. The molecule has 3 rings (SSSR count). The van der Waals surface area contributed by atoms with Gasteiger partial charge in [-0.2, -0.15) is 11.8 Å². The summed E-state index contributed by atoms with van der Waals surface area (Å²) in [6.07, 6.45) is 3.21. The first-order valence-corrected chi connectivity index (χ1v) is 9.79. The molecule has 7 heteroatoms. The van der Waals surface area contributed by atoms with Crippen molar-refractivity contribution in [3.63, 3.8) is 0 Å². The van der Waals surface area contributed by atoms with Crippen LogP contribution in [-0.2, 0) is 10.5 Å². The first-order valence-electron chi connectivity index (χ1n) is 7.37. The van der Waals surface area contributed by atoms with Gasteiger partial charge in [0.05, 0.1) is 5.02 Å². The maximum Gasteiger partial charge on any atom is 0.244 e. The molecule has 0 saturated heterocycles. The Kier molecular flexibility index (Phi) is 6.07. The Labute approximate surface area is 153 Å². The number of carbonyl (C=O) groups is 1. The van der Waals surface area contributed by atoms with Crippen LogP contribution in [0.15, 0.2) is 35.7 Å². The van der Waals surface area contributed by atoms with Gasteiger partial charge >= 0.3 is 0 Å². The standard InChI is InChI=1S/C17H16ClNO3S2/c18-14-8-12(9-15-17(14)22-11-21-15)3-4-16(20)19-5-7-23-10-13-2-1-6-24-13/h1-4,6,8-9H,5,7,10-11H2,(H,19,20)/b4-3+. The zero-order valence-corrected chi connectivity index (χ0v) is 15.2. The van der Waals surface area contributed by atoms with Gasteiger partial charge < -0.3 is 14.8 Å². The third kappa shape index (κ3) is 4.69. The van der Waals surface area contributed by atoms with Crippen LogP contribution in [0.4, 0.5) is 0 Å². The van der Waals surface area contributed by atoms with E-state index in [1.807, 2.05) is 0 Å². The minimum atomic E-state index is -0.125. The topological polar surface area (TPSA) is 47.6 Å². The van der Waals surface area contributed by atoms with Crippen LogP contribution in [0, 0.1) is 0 Å². The lowest BCUT2D eigenvalue weighted by atomic mass is 10.2. The van der Waals surface area contributed by atoms with E-state index in [-0.39, 0.29) is 12.7 Å². The number of fused-ring (bicyclic) bond motifs is 1. The van der Waals surface area contributed by atoms with Gasteiger partial charge in [-0.05, 0) is 35.2 Å². The molecule has 1 aromatic carbocycles. The molecule has 0 saturated carbocycles. The van der Waals surface area contributed by atoms with Gasteiger partial charge in [-0.15, -0.1) is 11.3 Å². The third-order valence-electron chi connectivity index (χ3n) is 3.25. The van der Waals surface area contributed by atoms with Crippen LogP contribution in [0.25, 0.3) is 6.08 Å². The number of rotatable bonds is 7. The van der Waals surface area contributed by atoms with E-state index in [0.29, 0.717) is 23.1 Å². The van der Waals surface area contributed by atoms with Crippen LogP contribution in [0.2, 0.25) is 5.02 Å². The van der Waals surface area contributed by atoms with E-state index in [2.05, 4.69) is 22.8 Å². The van der Waals surface area contributed by atoms with E-state index in [0.717, 1.165) is 17.1 Å². The summed E-state index contributed by atoms with van der Waals surface area (Å²) >= 11 is 9.67. The molecule has 2 aromatic rings. The van der Waals surface area contributed by atoms with Gasteiger partial charge in [0.25, 0.3) is 0 Å². The number of thiophene rings is 1. The molecule has 0 spiro atoms. The van der Waals surface area contributed by atoms with Crippen molar-refractivity contribution in [1.82, 2.24) is 5.32 Å². The maximum atomic E-state index is 11.8. The normalized spacial score (nSPS) is 12.7. The van der Waals surface area contributed by atoms with E-state index in [9.17, 15) is 4.79 Å². The molecular formula is C17H16ClNO3S2. The monoisotopic (exact) mass is 381 g/mol. The number of hydrogen-bond acceptors (Lipinski definition) is 5. The molecule has 1 N–H and O–H groups in total. The molecule has 4 nitrogen and oxygen atoms in total. The molecule has 0 fully saturated rings. The highest BCUT2D eigenvalue weighted by Gasteiger charge is 2.17. The SMILES string of the molecule is O=C(/C=C/c1cc(Cl)c2c(c1)OCO2)NCCSCc1cccs1. The Balaban J connectivity index is 1.41. The summed E-state index contributed by atoms with van der Waals surface area (Å²) in [5.74, 6) is 2.90. The van der Waals surface area contributed by atoms with E-state index in [1.165, 1.54) is 11.0 Å². The Morgan fingerprint density at radius 3 is 3.17 bits per heavy atom. The Hall–Kier alpha value is -1.63. The highest BCUT2D eigenvalue weighted by atomic mass is 35.5. The summed E-state index contributed by atoms with van der Waals surface area (Å²) in [7, 11) is 0. The molecule has 1 aromatic heterocycles. The number of ether oxygens (including phenoxy) is 2. The summed E-state index contributed by atoms with van der Waals surface area (Å²) in [5.41, 5.74) is 0.798. The number of nitrogens with one attached hydrogen (secondary N) is 1. The highest BCUT2D eigenvalue weighted by Crippen LogP contribution is 2.40. The summed E-state index contributed by atoms with van der Waals surface area (Å²) in [6.45, 7) is 0.812. The molecule has 1 amide bonds. The van der Waals surface area contributed by atoms with Crippen molar-refractivity contribution in [1.29, 1.82) is 0 Å². The van der Waals surface area contributed by atoms with Crippen molar-refractivity contribution in [3.8, 4) is 11.5 Å². The lowest BCUT2D eigenvalue weighted by molar-refractivity contribution is -0.116. The van der Waals surface area contributed by atoms with Crippen molar-refractivity contribution >= 4 is 46.7 Å². The largest absolute Gasteiger partial charge is 0.454 e. The second-order valence-corrected chi connectivity index (χ2v) is 7.54. The van der Waals surface area contributed by atoms with Crippen molar-refractivity contribution in [2.75, 3.05) is 19.1 Å². The summed E-state index contributed by atoms with van der Waals surface area (Å²) in [6, 6.07) is 7.72. The number of halogens is 1. The molecule has 24 heavy (non-hydrogen) atoms. The fourth-order valence-electron chi connectivity index (χ4n) is 2.13. The van der Waals surface area contributed by atoms with Crippen LogP contribution >= 0.6 is 34.7 Å². The molecule has 126 valence electrons. The molecular weight excluding hydrogens is 366 g/mol. The predicted octanol–water partition coefficient (Wildman–Crippen LogP) is 4.19. The first kappa shape index (κ1) is 17.2. The fourth-order valence-corrected chi connectivity index (χ4v) is 4.10. The zero-order chi connectivity index (χ0) is 16.8. The van der Waals surface area contributed by atoms with Crippen LogP contribution < -0.4 is 14.8 Å². The van der Waals surface area contributed by atoms with Crippen molar-refractivity contribution in [2.24, 2.45) is 0 Å². The Bertz CT molecular complexity index is 732. The first-order chi connectivity index (χ1) is 11.7. The molecule has 1 aliphatic heterocycles. The van der Waals surface area contributed by atoms with Crippen LogP contribution in [0.1, 0.15) is 10.4 Å². The second kappa shape index (κ2) is 8.46. The van der Waals surface area contributed by atoms with Gasteiger partial charge in [0.15, 0.2) is 11.5 Å². The molecule has 0 bridgehead atoms. The van der Waals surface area contributed by atoms with E-state index in [4.69, 9.17) is 21.1 Å². The molecule has 2 heterocycles. The van der Waals surface area contributed by atoms with Gasteiger partial charge in [0, 0.05) is 29.0 Å². The molecule has 1 aliphatic rings. The molecule has 0 unspecified atom stereocenters. The Morgan fingerprint density at radius 2 is 2.33 bits per heavy atom. The fraction of sp³-hybridized carbons (Fsp3) is 0.235. The number of carbonyl (C=O) groups excluding carboxylic acids is 1. The number of thioether (sulfide) groups is 1. The van der Waals surface area contributed by atoms with Crippen molar-refractivity contribution < 1.29 is 14.3 Å². The minimum Gasteiger partial charge on any atom is -0.454 e. The lowest BCUT2D eigenvalue weighted by Gasteiger charge is -2.03. The average Bonchev–Trinajstić information content (AvgIpc) is 3.24. The number of hydrogen-bond donors (Lipinski definition) is 1. The van der Waals surface area contributed by atoms with Gasteiger partial charge in [0.2, 0.25) is 12.7 Å². The van der Waals surface area contributed by atoms with Crippen molar-refractivity contribution in [3.05, 3.63) is 51.2 Å². The van der Waals surface area contributed by atoms with Gasteiger partial charge in [0.1, 0.15) is 0 Å². The molecule has 0 atom stereocenters. The summed E-state index contributed by atoms with van der Waals surface area (Å²) in [4.78, 5) is 13.2.